The first-order chi connectivity index (χ1) is 4.95. The van der Waals surface area contributed by atoms with Gasteiger partial charge in [-0.1, -0.05) is 5.16 Å². The fraction of sp³-hybridized carbons (Fsp3) is 0.667. The van der Waals surface area contributed by atoms with E-state index in [9.17, 15) is 8.42 Å². The number of hydrogen-bond acceptors (Lipinski definition) is 4. The van der Waals surface area contributed by atoms with E-state index in [4.69, 9.17) is 10.9 Å². The Bertz CT molecular complexity index is 233. The maximum absolute atomic E-state index is 10.2. The van der Waals surface area contributed by atoms with Gasteiger partial charge in [0.05, 0.1) is 0 Å². The summed E-state index contributed by atoms with van der Waals surface area (Å²) in [4.78, 5) is 0. The van der Waals surface area contributed by atoms with E-state index < -0.39 is 10.2 Å². The van der Waals surface area contributed by atoms with Crippen molar-refractivity contribution in [1.29, 1.82) is 0 Å². The summed E-state index contributed by atoms with van der Waals surface area (Å²) in [6.07, 6.45) is 0.118. The molecule has 11 heavy (non-hydrogen) atoms. The predicted molar refractivity (Wildman–Crippen MR) is 39.1 cm³/mol. The van der Waals surface area contributed by atoms with Crippen LogP contribution < -0.4 is 15.6 Å². The fourth-order valence-corrected chi connectivity index (χ4v) is 0.758. The molecule has 7 nitrogen and oxygen atoms in total. The van der Waals surface area contributed by atoms with Gasteiger partial charge in [0.25, 0.3) is 10.2 Å². The lowest BCUT2D eigenvalue weighted by Crippen LogP contribution is -2.33. The average molecular weight is 182 g/mol. The Kier molecular flexibility index (Phi) is 3.79. The SMILES string of the molecule is NC(CCNS(N)(=O)=O)=NO. The number of nitrogens with zero attached hydrogens (tertiary/aromatic N) is 1. The van der Waals surface area contributed by atoms with E-state index in [1.165, 1.54) is 0 Å². The van der Waals surface area contributed by atoms with Crippen molar-refractivity contribution in [2.45, 2.75) is 6.42 Å². The minimum Gasteiger partial charge on any atom is -0.409 e. The van der Waals surface area contributed by atoms with E-state index in [2.05, 4.69) is 10.3 Å². The molecule has 0 aromatic carbocycles. The van der Waals surface area contributed by atoms with Crippen LogP contribution in [-0.4, -0.2) is 26.0 Å². The van der Waals surface area contributed by atoms with Crippen molar-refractivity contribution < 1.29 is 13.6 Å². The number of hydrogen-bond donors (Lipinski definition) is 4. The van der Waals surface area contributed by atoms with Gasteiger partial charge in [-0.2, -0.15) is 8.42 Å². The van der Waals surface area contributed by atoms with Gasteiger partial charge in [-0.05, 0) is 0 Å². The standard InChI is InChI=1S/C3H10N4O3S/c4-3(7-8)1-2-6-11(5,9)10/h6,8H,1-2H2,(H2,4,7)(H2,5,9,10). The van der Waals surface area contributed by atoms with Gasteiger partial charge < -0.3 is 10.9 Å². The first-order valence-corrected chi connectivity index (χ1v) is 4.24. The van der Waals surface area contributed by atoms with E-state index in [1.54, 1.807) is 0 Å². The van der Waals surface area contributed by atoms with Gasteiger partial charge in [0, 0.05) is 13.0 Å². The minimum atomic E-state index is -3.67. The monoisotopic (exact) mass is 182 g/mol. The lowest BCUT2D eigenvalue weighted by molar-refractivity contribution is 0.317. The van der Waals surface area contributed by atoms with Crippen LogP contribution in [0.3, 0.4) is 0 Å². The van der Waals surface area contributed by atoms with Gasteiger partial charge in [-0.3, -0.25) is 0 Å². The first kappa shape index (κ1) is 10.1. The van der Waals surface area contributed by atoms with Gasteiger partial charge >= 0.3 is 0 Å². The van der Waals surface area contributed by atoms with E-state index in [-0.39, 0.29) is 18.8 Å². The predicted octanol–water partition coefficient (Wildman–Crippen LogP) is -2.08. The van der Waals surface area contributed by atoms with Crippen LogP contribution >= 0.6 is 0 Å². The molecule has 0 heterocycles. The van der Waals surface area contributed by atoms with Crippen molar-refractivity contribution in [3.05, 3.63) is 0 Å². The van der Waals surface area contributed by atoms with Crippen LogP contribution in [0.2, 0.25) is 0 Å². The number of nitrogens with two attached hydrogens (primary N) is 2. The molecule has 0 fully saturated rings. The molecule has 0 aromatic rings. The summed E-state index contributed by atoms with van der Waals surface area (Å²) >= 11 is 0. The molecule has 0 aromatic heterocycles. The number of rotatable bonds is 4. The Balaban J connectivity index is 3.60. The highest BCUT2D eigenvalue weighted by Gasteiger charge is 2.00. The quantitative estimate of drug-likeness (QED) is 0.172. The highest BCUT2D eigenvalue weighted by Crippen LogP contribution is 1.77. The van der Waals surface area contributed by atoms with Gasteiger partial charge in [0.1, 0.15) is 5.84 Å². The van der Waals surface area contributed by atoms with Crippen molar-refractivity contribution in [3.8, 4) is 0 Å². The van der Waals surface area contributed by atoms with E-state index in [1.807, 2.05) is 4.72 Å². The third-order valence-electron chi connectivity index (χ3n) is 0.813. The lowest BCUT2D eigenvalue weighted by Gasteiger charge is -1.99. The van der Waals surface area contributed by atoms with Crippen molar-refractivity contribution in [1.82, 2.24) is 4.72 Å². The largest absolute Gasteiger partial charge is 0.409 e. The van der Waals surface area contributed by atoms with Crippen LogP contribution in [0.25, 0.3) is 0 Å². The zero-order valence-corrected chi connectivity index (χ0v) is 6.50. The van der Waals surface area contributed by atoms with Crippen molar-refractivity contribution in [2.24, 2.45) is 16.0 Å². The molecular formula is C3H10N4O3S. The summed E-state index contributed by atoms with van der Waals surface area (Å²) in [7, 11) is -3.67. The van der Waals surface area contributed by atoms with Crippen LogP contribution in [0.15, 0.2) is 5.16 Å². The summed E-state index contributed by atoms with van der Waals surface area (Å²) in [6.45, 7) is 0.0225. The second kappa shape index (κ2) is 4.11. The van der Waals surface area contributed by atoms with Crippen molar-refractivity contribution >= 4 is 16.0 Å². The highest BCUT2D eigenvalue weighted by atomic mass is 32.2. The Hall–Kier alpha value is -0.860. The number of amidine groups is 1. The van der Waals surface area contributed by atoms with Crippen molar-refractivity contribution in [3.63, 3.8) is 0 Å². The maximum Gasteiger partial charge on any atom is 0.274 e. The summed E-state index contributed by atoms with van der Waals surface area (Å²) in [6, 6.07) is 0. The molecule has 8 heteroatoms. The number of nitrogens with one attached hydrogen (secondary N) is 1. The lowest BCUT2D eigenvalue weighted by atomic mass is 10.4. The Morgan fingerprint density at radius 1 is 1.64 bits per heavy atom. The second-order valence-electron chi connectivity index (χ2n) is 1.78. The van der Waals surface area contributed by atoms with Crippen LogP contribution in [0.1, 0.15) is 6.42 Å². The van der Waals surface area contributed by atoms with E-state index in [0.29, 0.717) is 0 Å². The molecule has 0 bridgehead atoms. The van der Waals surface area contributed by atoms with Gasteiger partial charge in [-0.15, -0.1) is 0 Å². The second-order valence-corrected chi connectivity index (χ2v) is 3.16. The summed E-state index contributed by atoms with van der Waals surface area (Å²) in [5.41, 5.74) is 5.03. The van der Waals surface area contributed by atoms with Crippen LogP contribution in [0.5, 0.6) is 0 Å². The molecule has 6 N–H and O–H groups in total. The Labute approximate surface area is 64.2 Å². The molecule has 0 saturated carbocycles. The molecule has 0 spiro atoms. The summed E-state index contributed by atoms with van der Waals surface area (Å²) < 4.78 is 22.4. The fourth-order valence-electron chi connectivity index (χ4n) is 0.371. The molecule has 0 aliphatic carbocycles. The van der Waals surface area contributed by atoms with Gasteiger partial charge in [0.2, 0.25) is 0 Å². The van der Waals surface area contributed by atoms with Crippen LogP contribution in [-0.2, 0) is 10.2 Å². The van der Waals surface area contributed by atoms with E-state index in [0.717, 1.165) is 0 Å². The maximum atomic E-state index is 10.2. The zero-order chi connectivity index (χ0) is 8.91. The van der Waals surface area contributed by atoms with Crippen molar-refractivity contribution in [2.75, 3.05) is 6.54 Å². The molecule has 0 saturated heterocycles. The summed E-state index contributed by atoms with van der Waals surface area (Å²) in [5.74, 6) is -0.0545. The third-order valence-corrected chi connectivity index (χ3v) is 1.42. The highest BCUT2D eigenvalue weighted by molar-refractivity contribution is 7.87. The molecule has 0 amide bonds. The third kappa shape index (κ3) is 7.03. The number of oxime groups is 1. The molecule has 66 valence electrons. The smallest absolute Gasteiger partial charge is 0.274 e. The van der Waals surface area contributed by atoms with Crippen LogP contribution in [0.4, 0.5) is 0 Å². The minimum absolute atomic E-state index is 0.0225. The summed E-state index contributed by atoms with van der Waals surface area (Å²) in [5, 5.41) is 15.2. The molecular weight excluding hydrogens is 172 g/mol. The molecule has 0 aliphatic rings. The van der Waals surface area contributed by atoms with Crippen LogP contribution in [0, 0.1) is 0 Å². The average Bonchev–Trinajstić information content (AvgIpc) is 1.85. The Morgan fingerprint density at radius 3 is 2.55 bits per heavy atom. The topological polar surface area (TPSA) is 131 Å². The van der Waals surface area contributed by atoms with E-state index >= 15 is 0 Å². The Morgan fingerprint density at radius 2 is 2.18 bits per heavy atom. The molecule has 0 aliphatic heterocycles. The molecule has 0 atom stereocenters. The molecule has 0 unspecified atom stereocenters. The molecule has 0 rings (SSSR count). The van der Waals surface area contributed by atoms with Gasteiger partial charge in [0.15, 0.2) is 0 Å². The normalized spacial score (nSPS) is 13.4. The zero-order valence-electron chi connectivity index (χ0n) is 5.69. The van der Waals surface area contributed by atoms with Gasteiger partial charge in [-0.25, -0.2) is 9.86 Å². The first-order valence-electron chi connectivity index (χ1n) is 2.69. The molecule has 0 radical (unpaired) electrons.